The summed E-state index contributed by atoms with van der Waals surface area (Å²) < 4.78 is 4.46. The van der Waals surface area contributed by atoms with Crippen molar-refractivity contribution in [2.24, 2.45) is 7.05 Å². The van der Waals surface area contributed by atoms with Crippen molar-refractivity contribution >= 4 is 33.5 Å². The highest BCUT2D eigenvalue weighted by molar-refractivity contribution is 6.10. The van der Waals surface area contributed by atoms with Gasteiger partial charge in [0.1, 0.15) is 16.9 Å². The largest absolute Gasteiger partial charge is 0.356 e. The lowest BCUT2D eigenvalue weighted by Crippen LogP contribution is -2.40. The highest BCUT2D eigenvalue weighted by atomic mass is 16.2. The van der Waals surface area contributed by atoms with E-state index in [9.17, 15) is 14.4 Å². The first-order chi connectivity index (χ1) is 18.8. The first kappa shape index (κ1) is 26.3. The van der Waals surface area contributed by atoms with Crippen LogP contribution in [0.2, 0.25) is 0 Å². The zero-order valence-corrected chi connectivity index (χ0v) is 22.8. The Bertz CT molecular complexity index is 1740. The third-order valence-corrected chi connectivity index (χ3v) is 7.25. The van der Waals surface area contributed by atoms with Gasteiger partial charge in [0, 0.05) is 52.4 Å². The Morgan fingerprint density at radius 2 is 1.87 bits per heavy atom. The Morgan fingerprint density at radius 3 is 2.64 bits per heavy atom. The Labute approximate surface area is 226 Å². The Balaban J connectivity index is 1.84. The van der Waals surface area contributed by atoms with E-state index < -0.39 is 11.2 Å². The molecule has 1 aromatic carbocycles. The maximum atomic E-state index is 14.2. The molecule has 10 nitrogen and oxygen atoms in total. The van der Waals surface area contributed by atoms with Crippen LogP contribution in [-0.4, -0.2) is 69.8 Å². The summed E-state index contributed by atoms with van der Waals surface area (Å²) >= 11 is 0. The lowest BCUT2D eigenvalue weighted by molar-refractivity contribution is 0.0829. The van der Waals surface area contributed by atoms with Gasteiger partial charge in [0.05, 0.1) is 24.3 Å². The van der Waals surface area contributed by atoms with Crippen LogP contribution in [0.4, 0.5) is 5.82 Å². The summed E-state index contributed by atoms with van der Waals surface area (Å²) in [7, 11) is 4.97. The van der Waals surface area contributed by atoms with Crippen molar-refractivity contribution in [3.05, 3.63) is 68.6 Å². The molecule has 0 radical (unpaired) electrons. The number of pyridine rings is 1. The van der Waals surface area contributed by atoms with Crippen molar-refractivity contribution < 1.29 is 4.79 Å². The summed E-state index contributed by atoms with van der Waals surface area (Å²) in [5.74, 6) is 6.37. The number of hydrogen-bond acceptors (Lipinski definition) is 6. The summed E-state index contributed by atoms with van der Waals surface area (Å²) in [5.41, 5.74) is 0.627. The number of carbonyl (C=O) groups is 1. The predicted octanol–water partition coefficient (Wildman–Crippen LogP) is 1.62. The van der Waals surface area contributed by atoms with Crippen LogP contribution in [-0.2, 0) is 20.1 Å². The fourth-order valence-electron chi connectivity index (χ4n) is 5.34. The fourth-order valence-corrected chi connectivity index (χ4v) is 5.34. The van der Waals surface area contributed by atoms with E-state index in [0.717, 1.165) is 30.3 Å². The molecule has 0 bridgehead atoms. The van der Waals surface area contributed by atoms with Crippen LogP contribution in [0.25, 0.3) is 21.8 Å². The van der Waals surface area contributed by atoms with Gasteiger partial charge in [0.2, 0.25) is 0 Å². The van der Waals surface area contributed by atoms with Crippen LogP contribution < -0.4 is 21.5 Å². The van der Waals surface area contributed by atoms with Gasteiger partial charge in [-0.05, 0) is 31.3 Å². The molecule has 0 atom stereocenters. The second-order valence-electron chi connectivity index (χ2n) is 9.91. The lowest BCUT2D eigenvalue weighted by Gasteiger charge is -2.25. The number of anilines is 1. The van der Waals surface area contributed by atoms with Gasteiger partial charge in [-0.2, -0.15) is 0 Å². The molecule has 1 fully saturated rings. The topological polar surface area (TPSA) is 97.4 Å². The number of rotatable bonds is 5. The molecule has 4 aromatic rings. The van der Waals surface area contributed by atoms with Gasteiger partial charge in [0.15, 0.2) is 0 Å². The molecule has 1 saturated heterocycles. The van der Waals surface area contributed by atoms with E-state index >= 15 is 0 Å². The molecule has 3 aromatic heterocycles. The third kappa shape index (κ3) is 4.59. The van der Waals surface area contributed by atoms with Crippen LogP contribution in [0.3, 0.4) is 0 Å². The summed E-state index contributed by atoms with van der Waals surface area (Å²) in [5, 5.41) is 5.25. The van der Waals surface area contributed by atoms with Crippen molar-refractivity contribution in [1.29, 1.82) is 0 Å². The summed E-state index contributed by atoms with van der Waals surface area (Å²) in [6, 6.07) is 9.66. The number of amides is 1. The molecule has 1 aliphatic heterocycles. The van der Waals surface area contributed by atoms with Gasteiger partial charge in [0.25, 0.3) is 11.5 Å². The van der Waals surface area contributed by atoms with Crippen molar-refractivity contribution in [2.75, 3.05) is 45.2 Å². The number of carbonyl (C=O) groups excluding carboxylic acids is 1. The first-order valence-corrected chi connectivity index (χ1v) is 13.1. The Morgan fingerprint density at radius 1 is 1.08 bits per heavy atom. The number of aryl methyl sites for hydroxylation is 1. The van der Waals surface area contributed by atoms with Gasteiger partial charge < -0.3 is 19.7 Å². The molecule has 0 saturated carbocycles. The summed E-state index contributed by atoms with van der Waals surface area (Å²) in [6.45, 7) is 4.94. The Kier molecular flexibility index (Phi) is 7.26. The summed E-state index contributed by atoms with van der Waals surface area (Å²) in [6.07, 6.45) is 2.57. The SMILES string of the molecule is CC#CCn1c(N2CCCNCC2)c(C(=O)N(C)C)c2c1c(=O)n(Cc1nccc3ccccc13)c(=O)n2C. The van der Waals surface area contributed by atoms with Crippen LogP contribution in [0.1, 0.15) is 29.4 Å². The van der Waals surface area contributed by atoms with Gasteiger partial charge >= 0.3 is 5.69 Å². The van der Waals surface area contributed by atoms with Gasteiger partial charge in [-0.15, -0.1) is 5.92 Å². The minimum atomic E-state index is -0.502. The second kappa shape index (κ2) is 10.8. The quantitative estimate of drug-likeness (QED) is 0.396. The van der Waals surface area contributed by atoms with Crippen LogP contribution >= 0.6 is 0 Å². The molecular weight excluding hydrogens is 494 g/mol. The van der Waals surface area contributed by atoms with Crippen molar-refractivity contribution in [2.45, 2.75) is 26.4 Å². The van der Waals surface area contributed by atoms with E-state index in [2.05, 4.69) is 27.0 Å². The molecule has 1 N–H and O–H groups in total. The molecule has 1 aliphatic rings. The standard InChI is InChI=1S/C29H33N7O3/c1-5-6-17-35-25-24(23(27(37)32(2)3)26(35)34-16-9-13-30-15-18-34)33(4)29(39)36(28(25)38)19-22-21-11-8-7-10-20(21)12-14-31-22/h7-8,10-12,14,30H,9,13,15-19H2,1-4H3. The van der Waals surface area contributed by atoms with E-state index in [0.29, 0.717) is 35.7 Å². The second-order valence-corrected chi connectivity index (χ2v) is 9.91. The number of fused-ring (bicyclic) bond motifs is 2. The zero-order chi connectivity index (χ0) is 27.7. The van der Waals surface area contributed by atoms with E-state index in [1.165, 1.54) is 14.0 Å². The number of nitrogens with zero attached hydrogens (tertiary/aromatic N) is 6. The van der Waals surface area contributed by atoms with Gasteiger partial charge in [-0.3, -0.25) is 23.7 Å². The van der Waals surface area contributed by atoms with E-state index in [1.54, 1.807) is 34.3 Å². The molecule has 5 rings (SSSR count). The molecule has 4 heterocycles. The van der Waals surface area contributed by atoms with E-state index in [-0.39, 0.29) is 24.5 Å². The van der Waals surface area contributed by atoms with Crippen molar-refractivity contribution in [1.82, 2.24) is 28.9 Å². The molecule has 0 spiro atoms. The monoisotopic (exact) mass is 527 g/mol. The molecule has 10 heteroatoms. The highest BCUT2D eigenvalue weighted by Gasteiger charge is 2.32. The molecule has 39 heavy (non-hydrogen) atoms. The highest BCUT2D eigenvalue weighted by Crippen LogP contribution is 2.32. The number of hydrogen-bond donors (Lipinski definition) is 1. The van der Waals surface area contributed by atoms with Crippen LogP contribution in [0.15, 0.2) is 46.1 Å². The predicted molar refractivity (Wildman–Crippen MR) is 153 cm³/mol. The lowest BCUT2D eigenvalue weighted by atomic mass is 10.1. The van der Waals surface area contributed by atoms with E-state index in [1.807, 2.05) is 34.9 Å². The maximum absolute atomic E-state index is 14.2. The van der Waals surface area contributed by atoms with Gasteiger partial charge in [-0.1, -0.05) is 30.2 Å². The van der Waals surface area contributed by atoms with Gasteiger partial charge in [-0.25, -0.2) is 4.79 Å². The normalized spacial score (nSPS) is 13.8. The molecule has 202 valence electrons. The number of nitrogens with one attached hydrogen (secondary N) is 1. The van der Waals surface area contributed by atoms with Crippen LogP contribution in [0.5, 0.6) is 0 Å². The minimum Gasteiger partial charge on any atom is -0.356 e. The van der Waals surface area contributed by atoms with Crippen LogP contribution in [0, 0.1) is 11.8 Å². The smallest absolute Gasteiger partial charge is 0.331 e. The van der Waals surface area contributed by atoms with Crippen molar-refractivity contribution in [3.63, 3.8) is 0 Å². The molecule has 0 aliphatic carbocycles. The average Bonchev–Trinajstić information content (AvgIpc) is 3.06. The van der Waals surface area contributed by atoms with Crippen molar-refractivity contribution in [3.8, 4) is 11.8 Å². The average molecular weight is 528 g/mol. The molecule has 0 unspecified atom stereocenters. The third-order valence-electron chi connectivity index (χ3n) is 7.25. The minimum absolute atomic E-state index is 0.00731. The fraction of sp³-hybridized carbons (Fsp3) is 0.379. The maximum Gasteiger partial charge on any atom is 0.331 e. The summed E-state index contributed by atoms with van der Waals surface area (Å²) in [4.78, 5) is 49.8. The zero-order valence-electron chi connectivity index (χ0n) is 22.8. The first-order valence-electron chi connectivity index (χ1n) is 13.1. The molecular formula is C29H33N7O3. The molecule has 1 amide bonds. The Hall–Kier alpha value is -4.36. The number of benzene rings is 1. The number of aromatic nitrogens is 4. The van der Waals surface area contributed by atoms with E-state index in [4.69, 9.17) is 0 Å².